The summed E-state index contributed by atoms with van der Waals surface area (Å²) in [5.74, 6) is 1.72. The number of hydrogen-bond acceptors (Lipinski definition) is 5. The van der Waals surface area contributed by atoms with E-state index in [9.17, 15) is 0 Å². The van der Waals surface area contributed by atoms with Gasteiger partial charge in [0.25, 0.3) is 0 Å². The Morgan fingerprint density at radius 3 is 2.83 bits per heavy atom. The first-order valence-corrected chi connectivity index (χ1v) is 10.7. The van der Waals surface area contributed by atoms with Gasteiger partial charge in [-0.1, -0.05) is 12.1 Å². The number of guanidine groups is 1. The van der Waals surface area contributed by atoms with Crippen LogP contribution in [0.4, 0.5) is 0 Å². The Labute approximate surface area is 199 Å². The average molecular weight is 534 g/mol. The molecule has 1 saturated heterocycles. The van der Waals surface area contributed by atoms with E-state index in [0.29, 0.717) is 13.2 Å². The number of likely N-dealkylation sites (N-methyl/N-ethyl adjacent to an activating group) is 1. The highest BCUT2D eigenvalue weighted by molar-refractivity contribution is 14.0. The van der Waals surface area contributed by atoms with Crippen molar-refractivity contribution in [1.29, 1.82) is 0 Å². The second-order valence-corrected chi connectivity index (χ2v) is 7.48. The Balaban J connectivity index is 0.00000450. The van der Waals surface area contributed by atoms with Crippen LogP contribution in [-0.2, 0) is 16.0 Å². The highest BCUT2D eigenvalue weighted by atomic mass is 127. The van der Waals surface area contributed by atoms with Crippen molar-refractivity contribution in [2.75, 3.05) is 60.2 Å². The van der Waals surface area contributed by atoms with E-state index in [1.807, 2.05) is 0 Å². The third kappa shape index (κ3) is 10.3. The molecule has 7 nitrogen and oxygen atoms in total. The lowest BCUT2D eigenvalue weighted by Gasteiger charge is -2.18. The van der Waals surface area contributed by atoms with E-state index in [-0.39, 0.29) is 30.1 Å². The Kier molecular flexibility index (Phi) is 14.1. The molecule has 1 unspecified atom stereocenters. The fourth-order valence-corrected chi connectivity index (χ4v) is 3.12. The summed E-state index contributed by atoms with van der Waals surface area (Å²) in [4.78, 5) is 6.99. The Morgan fingerprint density at radius 1 is 1.30 bits per heavy atom. The molecule has 0 aliphatic carbocycles. The van der Waals surface area contributed by atoms with Crippen molar-refractivity contribution in [1.82, 2.24) is 15.5 Å². The number of nitrogens with zero attached hydrogens (tertiary/aromatic N) is 2. The molecule has 0 saturated carbocycles. The fraction of sp³-hybridized carbons (Fsp3) is 0.682. The summed E-state index contributed by atoms with van der Waals surface area (Å²) in [5, 5.41) is 6.71. The second-order valence-electron chi connectivity index (χ2n) is 7.48. The molecule has 30 heavy (non-hydrogen) atoms. The number of aliphatic imine (C=N–C) groups is 1. The molecule has 8 heteroatoms. The number of rotatable bonds is 12. The summed E-state index contributed by atoms with van der Waals surface area (Å²) in [5.41, 5.74) is 2.27. The third-order valence-corrected chi connectivity index (χ3v) is 4.89. The molecule has 0 aromatic heterocycles. The van der Waals surface area contributed by atoms with Crippen molar-refractivity contribution >= 4 is 29.9 Å². The minimum atomic E-state index is 0. The molecule has 1 aromatic rings. The van der Waals surface area contributed by atoms with Gasteiger partial charge in [-0.25, -0.2) is 4.99 Å². The minimum absolute atomic E-state index is 0. The third-order valence-electron chi connectivity index (χ3n) is 4.89. The predicted molar refractivity (Wildman–Crippen MR) is 133 cm³/mol. The van der Waals surface area contributed by atoms with Gasteiger partial charge in [0.05, 0.1) is 19.3 Å². The molecule has 0 bridgehead atoms. The van der Waals surface area contributed by atoms with Crippen molar-refractivity contribution < 1.29 is 14.2 Å². The first kappa shape index (κ1) is 26.9. The molecule has 2 rings (SSSR count). The first-order valence-electron chi connectivity index (χ1n) is 10.7. The zero-order valence-electron chi connectivity index (χ0n) is 18.9. The SMILES string of the molecule is CCNC(=NCc1ccc(C)cc1OCC1CCCO1)NCCN(C)CCOC.I. The summed E-state index contributed by atoms with van der Waals surface area (Å²) in [6, 6.07) is 6.30. The molecule has 2 N–H and O–H groups in total. The molecule has 1 heterocycles. The maximum atomic E-state index is 6.09. The number of aryl methyl sites for hydroxylation is 1. The Morgan fingerprint density at radius 2 is 2.13 bits per heavy atom. The molecule has 0 radical (unpaired) electrons. The molecule has 1 aromatic carbocycles. The molecule has 1 atom stereocenters. The van der Waals surface area contributed by atoms with E-state index < -0.39 is 0 Å². The van der Waals surface area contributed by atoms with Crippen LogP contribution in [0.5, 0.6) is 5.75 Å². The number of ether oxygens (including phenoxy) is 3. The van der Waals surface area contributed by atoms with E-state index >= 15 is 0 Å². The lowest BCUT2D eigenvalue weighted by atomic mass is 10.1. The molecule has 1 aliphatic rings. The van der Waals surface area contributed by atoms with Crippen LogP contribution < -0.4 is 15.4 Å². The summed E-state index contributed by atoms with van der Waals surface area (Å²) < 4.78 is 16.9. The Hall–Kier alpha value is -1.10. The predicted octanol–water partition coefficient (Wildman–Crippen LogP) is 2.80. The monoisotopic (exact) mass is 534 g/mol. The fourth-order valence-electron chi connectivity index (χ4n) is 3.12. The van der Waals surface area contributed by atoms with E-state index in [0.717, 1.165) is 69.5 Å². The highest BCUT2D eigenvalue weighted by Gasteiger charge is 2.17. The maximum absolute atomic E-state index is 6.09. The van der Waals surface area contributed by atoms with Crippen LogP contribution in [0.25, 0.3) is 0 Å². The maximum Gasteiger partial charge on any atom is 0.191 e. The van der Waals surface area contributed by atoms with Crippen LogP contribution in [0.1, 0.15) is 30.9 Å². The zero-order valence-corrected chi connectivity index (χ0v) is 21.2. The van der Waals surface area contributed by atoms with Gasteiger partial charge in [0.15, 0.2) is 5.96 Å². The topological polar surface area (TPSA) is 67.4 Å². The van der Waals surface area contributed by atoms with Gasteiger partial charge in [0, 0.05) is 45.5 Å². The van der Waals surface area contributed by atoms with Crippen LogP contribution in [0.3, 0.4) is 0 Å². The lowest BCUT2D eigenvalue weighted by Crippen LogP contribution is -2.41. The van der Waals surface area contributed by atoms with E-state index in [1.165, 1.54) is 5.56 Å². The highest BCUT2D eigenvalue weighted by Crippen LogP contribution is 2.23. The van der Waals surface area contributed by atoms with Crippen LogP contribution in [0.15, 0.2) is 23.2 Å². The number of benzene rings is 1. The van der Waals surface area contributed by atoms with Crippen molar-refractivity contribution in [3.05, 3.63) is 29.3 Å². The van der Waals surface area contributed by atoms with Gasteiger partial charge in [0.1, 0.15) is 12.4 Å². The van der Waals surface area contributed by atoms with Gasteiger partial charge < -0.3 is 29.7 Å². The summed E-state index contributed by atoms with van der Waals surface area (Å²) in [6.45, 7) is 10.4. The van der Waals surface area contributed by atoms with E-state index in [2.05, 4.69) is 54.6 Å². The average Bonchev–Trinajstić information content (AvgIpc) is 3.23. The van der Waals surface area contributed by atoms with Gasteiger partial charge in [-0.05, 0) is 45.4 Å². The number of methoxy groups -OCH3 is 1. The normalized spacial score (nSPS) is 16.4. The number of nitrogens with one attached hydrogen (secondary N) is 2. The van der Waals surface area contributed by atoms with Gasteiger partial charge in [-0.3, -0.25) is 0 Å². The van der Waals surface area contributed by atoms with Crippen LogP contribution in [0.2, 0.25) is 0 Å². The van der Waals surface area contributed by atoms with Gasteiger partial charge in [0.2, 0.25) is 0 Å². The molecule has 0 amide bonds. The molecule has 172 valence electrons. The van der Waals surface area contributed by atoms with Gasteiger partial charge in [-0.2, -0.15) is 0 Å². The van der Waals surface area contributed by atoms with Crippen LogP contribution >= 0.6 is 24.0 Å². The van der Waals surface area contributed by atoms with Crippen LogP contribution in [0, 0.1) is 6.92 Å². The second kappa shape index (κ2) is 15.7. The van der Waals surface area contributed by atoms with Crippen molar-refractivity contribution in [2.24, 2.45) is 4.99 Å². The number of hydrogen-bond donors (Lipinski definition) is 2. The molecular weight excluding hydrogens is 495 g/mol. The first-order chi connectivity index (χ1) is 14.1. The Bertz CT molecular complexity index is 624. The van der Waals surface area contributed by atoms with E-state index in [1.54, 1.807) is 7.11 Å². The van der Waals surface area contributed by atoms with Crippen molar-refractivity contribution in [2.45, 2.75) is 39.3 Å². The van der Waals surface area contributed by atoms with Crippen molar-refractivity contribution in [3.8, 4) is 5.75 Å². The molecule has 0 spiro atoms. The number of halogens is 1. The molecule has 1 aliphatic heterocycles. The summed E-state index contributed by atoms with van der Waals surface area (Å²) >= 11 is 0. The molecule has 1 fully saturated rings. The lowest BCUT2D eigenvalue weighted by molar-refractivity contribution is 0.0676. The van der Waals surface area contributed by atoms with Crippen LogP contribution in [-0.4, -0.2) is 77.1 Å². The minimum Gasteiger partial charge on any atom is -0.491 e. The summed E-state index contributed by atoms with van der Waals surface area (Å²) in [7, 11) is 3.82. The largest absolute Gasteiger partial charge is 0.491 e. The zero-order chi connectivity index (χ0) is 20.9. The quantitative estimate of drug-likeness (QED) is 0.244. The summed E-state index contributed by atoms with van der Waals surface area (Å²) in [6.07, 6.45) is 2.41. The standard InChI is InChI=1S/C22H38N4O3.HI/c1-5-23-22(24-10-11-26(3)12-14-27-4)25-16-19-9-8-18(2)15-21(19)29-17-20-7-6-13-28-20;/h8-9,15,20H,5-7,10-14,16-17H2,1-4H3,(H2,23,24,25);1H. The molecular formula is C22H39IN4O3. The van der Waals surface area contributed by atoms with Gasteiger partial charge >= 0.3 is 0 Å². The van der Waals surface area contributed by atoms with Gasteiger partial charge in [-0.15, -0.1) is 24.0 Å². The van der Waals surface area contributed by atoms with Crippen molar-refractivity contribution in [3.63, 3.8) is 0 Å². The smallest absolute Gasteiger partial charge is 0.191 e. The van der Waals surface area contributed by atoms with E-state index in [4.69, 9.17) is 19.2 Å².